The minimum Gasteiger partial charge on any atom is -0.377 e. The predicted octanol–water partition coefficient (Wildman–Crippen LogP) is 1.78. The molecule has 72 valence electrons. The zero-order valence-electron chi connectivity index (χ0n) is 8.42. The second-order valence-electron chi connectivity index (χ2n) is 4.34. The second kappa shape index (κ2) is 4.24. The van der Waals surface area contributed by atoms with Gasteiger partial charge in [0, 0.05) is 12.0 Å². The first-order valence-electron chi connectivity index (χ1n) is 4.98. The Bertz CT molecular complexity index is 126. The van der Waals surface area contributed by atoms with E-state index in [1.807, 2.05) is 0 Å². The Morgan fingerprint density at radius 1 is 1.50 bits per heavy atom. The summed E-state index contributed by atoms with van der Waals surface area (Å²) in [7, 11) is 0. The Kier molecular flexibility index (Phi) is 3.53. The van der Waals surface area contributed by atoms with Gasteiger partial charge in [-0.3, -0.25) is 0 Å². The summed E-state index contributed by atoms with van der Waals surface area (Å²) >= 11 is 0. The summed E-state index contributed by atoms with van der Waals surface area (Å²) in [6, 6.07) is 0.277. The minimum atomic E-state index is 0.277. The van der Waals surface area contributed by atoms with Crippen LogP contribution in [0.15, 0.2) is 0 Å². The third-order valence-corrected chi connectivity index (χ3v) is 2.78. The van der Waals surface area contributed by atoms with Crippen LogP contribution >= 0.6 is 0 Å². The summed E-state index contributed by atoms with van der Waals surface area (Å²) in [5.41, 5.74) is 5.93. The number of ether oxygens (including phenoxy) is 1. The molecule has 0 aliphatic carbocycles. The maximum absolute atomic E-state index is 5.93. The van der Waals surface area contributed by atoms with Crippen molar-refractivity contribution in [3.05, 3.63) is 0 Å². The van der Waals surface area contributed by atoms with Crippen molar-refractivity contribution >= 4 is 0 Å². The summed E-state index contributed by atoms with van der Waals surface area (Å²) < 4.78 is 5.48. The molecule has 0 saturated carbocycles. The fourth-order valence-corrected chi connectivity index (χ4v) is 1.83. The molecular formula is C10H21NO. The van der Waals surface area contributed by atoms with Crippen LogP contribution in [0, 0.1) is 11.8 Å². The molecular weight excluding hydrogens is 150 g/mol. The Morgan fingerprint density at radius 2 is 2.17 bits per heavy atom. The fourth-order valence-electron chi connectivity index (χ4n) is 1.83. The third-order valence-electron chi connectivity index (χ3n) is 2.78. The zero-order valence-corrected chi connectivity index (χ0v) is 8.42. The minimum absolute atomic E-state index is 0.277. The Labute approximate surface area is 75.5 Å². The van der Waals surface area contributed by atoms with Gasteiger partial charge >= 0.3 is 0 Å². The van der Waals surface area contributed by atoms with Crippen molar-refractivity contribution in [2.75, 3.05) is 6.61 Å². The topological polar surface area (TPSA) is 35.2 Å². The lowest BCUT2D eigenvalue weighted by atomic mass is 9.90. The molecule has 2 nitrogen and oxygen atoms in total. The molecule has 0 bridgehead atoms. The van der Waals surface area contributed by atoms with E-state index in [2.05, 4.69) is 20.8 Å². The van der Waals surface area contributed by atoms with Gasteiger partial charge in [0.25, 0.3) is 0 Å². The maximum atomic E-state index is 5.93. The highest BCUT2D eigenvalue weighted by Crippen LogP contribution is 2.25. The summed E-state index contributed by atoms with van der Waals surface area (Å²) in [6.07, 6.45) is 2.87. The van der Waals surface area contributed by atoms with E-state index in [4.69, 9.17) is 10.5 Å². The second-order valence-corrected chi connectivity index (χ2v) is 4.34. The molecule has 1 heterocycles. The molecule has 0 aromatic rings. The molecule has 3 unspecified atom stereocenters. The van der Waals surface area contributed by atoms with Crippen LogP contribution in [-0.2, 0) is 4.74 Å². The van der Waals surface area contributed by atoms with Crippen molar-refractivity contribution in [2.45, 2.75) is 45.8 Å². The summed E-state index contributed by atoms with van der Waals surface area (Å²) in [5, 5.41) is 0. The Hall–Kier alpha value is -0.0800. The van der Waals surface area contributed by atoms with Gasteiger partial charge in [0.15, 0.2) is 0 Å². The van der Waals surface area contributed by atoms with Gasteiger partial charge in [-0.1, -0.05) is 20.3 Å². The molecule has 1 rings (SSSR count). The summed E-state index contributed by atoms with van der Waals surface area (Å²) in [4.78, 5) is 0. The molecule has 0 radical (unpaired) electrons. The quantitative estimate of drug-likeness (QED) is 0.702. The van der Waals surface area contributed by atoms with Crippen LogP contribution in [0.5, 0.6) is 0 Å². The largest absolute Gasteiger partial charge is 0.377 e. The molecule has 0 aromatic heterocycles. The molecule has 1 fully saturated rings. The molecule has 1 aliphatic rings. The fraction of sp³-hybridized carbons (Fsp3) is 1.00. The normalized spacial score (nSPS) is 36.2. The van der Waals surface area contributed by atoms with Crippen LogP contribution in [0.4, 0.5) is 0 Å². The molecule has 2 N–H and O–H groups in total. The van der Waals surface area contributed by atoms with Gasteiger partial charge in [-0.2, -0.15) is 0 Å². The van der Waals surface area contributed by atoms with E-state index in [9.17, 15) is 0 Å². The number of hydrogen-bond acceptors (Lipinski definition) is 2. The van der Waals surface area contributed by atoms with Crippen molar-refractivity contribution in [1.29, 1.82) is 0 Å². The van der Waals surface area contributed by atoms with Crippen LogP contribution in [0.3, 0.4) is 0 Å². The summed E-state index contributed by atoms with van der Waals surface area (Å²) in [6.45, 7) is 7.40. The SMILES string of the molecule is CC(C)CCC1C(N)COC1C. The van der Waals surface area contributed by atoms with E-state index in [1.165, 1.54) is 12.8 Å². The van der Waals surface area contributed by atoms with E-state index in [-0.39, 0.29) is 6.04 Å². The zero-order chi connectivity index (χ0) is 9.14. The standard InChI is InChI=1S/C10H21NO/c1-7(2)4-5-9-8(3)12-6-10(9)11/h7-10H,4-6,11H2,1-3H3. The van der Waals surface area contributed by atoms with Gasteiger partial charge in [0.2, 0.25) is 0 Å². The molecule has 1 aliphatic heterocycles. The Balaban J connectivity index is 2.29. The van der Waals surface area contributed by atoms with Crippen molar-refractivity contribution in [2.24, 2.45) is 17.6 Å². The first kappa shape index (κ1) is 10.0. The van der Waals surface area contributed by atoms with Gasteiger partial charge in [-0.05, 0) is 19.3 Å². The first-order valence-corrected chi connectivity index (χ1v) is 4.98. The van der Waals surface area contributed by atoms with Gasteiger partial charge in [0.05, 0.1) is 12.7 Å². The highest BCUT2D eigenvalue weighted by atomic mass is 16.5. The van der Waals surface area contributed by atoms with E-state index in [0.29, 0.717) is 12.0 Å². The highest BCUT2D eigenvalue weighted by Gasteiger charge is 2.31. The molecule has 0 spiro atoms. The molecule has 3 atom stereocenters. The average molecular weight is 171 g/mol. The van der Waals surface area contributed by atoms with E-state index < -0.39 is 0 Å². The molecule has 1 saturated heterocycles. The van der Waals surface area contributed by atoms with Crippen LogP contribution in [-0.4, -0.2) is 18.8 Å². The van der Waals surface area contributed by atoms with Gasteiger partial charge in [0.1, 0.15) is 0 Å². The van der Waals surface area contributed by atoms with Crippen LogP contribution in [0.2, 0.25) is 0 Å². The number of hydrogen-bond donors (Lipinski definition) is 1. The lowest BCUT2D eigenvalue weighted by molar-refractivity contribution is 0.102. The van der Waals surface area contributed by atoms with Crippen LogP contribution < -0.4 is 5.73 Å². The highest BCUT2D eigenvalue weighted by molar-refractivity contribution is 4.83. The Morgan fingerprint density at radius 3 is 2.58 bits per heavy atom. The number of nitrogens with two attached hydrogens (primary N) is 1. The lowest BCUT2D eigenvalue weighted by Crippen LogP contribution is -2.30. The van der Waals surface area contributed by atoms with Crippen molar-refractivity contribution in [1.82, 2.24) is 0 Å². The first-order chi connectivity index (χ1) is 5.61. The average Bonchev–Trinajstić information content (AvgIpc) is 2.28. The lowest BCUT2D eigenvalue weighted by Gasteiger charge is -2.18. The molecule has 0 amide bonds. The van der Waals surface area contributed by atoms with Gasteiger partial charge in [-0.15, -0.1) is 0 Å². The summed E-state index contributed by atoms with van der Waals surface area (Å²) in [5.74, 6) is 1.37. The van der Waals surface area contributed by atoms with Crippen molar-refractivity contribution in [3.8, 4) is 0 Å². The van der Waals surface area contributed by atoms with Crippen LogP contribution in [0.1, 0.15) is 33.6 Å². The van der Waals surface area contributed by atoms with E-state index in [0.717, 1.165) is 12.5 Å². The van der Waals surface area contributed by atoms with Gasteiger partial charge < -0.3 is 10.5 Å². The molecule has 12 heavy (non-hydrogen) atoms. The molecule has 0 aromatic carbocycles. The van der Waals surface area contributed by atoms with Crippen molar-refractivity contribution in [3.63, 3.8) is 0 Å². The van der Waals surface area contributed by atoms with Crippen LogP contribution in [0.25, 0.3) is 0 Å². The van der Waals surface area contributed by atoms with Crippen molar-refractivity contribution < 1.29 is 4.74 Å². The maximum Gasteiger partial charge on any atom is 0.0624 e. The smallest absolute Gasteiger partial charge is 0.0624 e. The molecule has 2 heteroatoms. The van der Waals surface area contributed by atoms with E-state index >= 15 is 0 Å². The van der Waals surface area contributed by atoms with E-state index in [1.54, 1.807) is 0 Å². The number of rotatable bonds is 3. The monoisotopic (exact) mass is 171 g/mol. The predicted molar refractivity (Wildman–Crippen MR) is 51.0 cm³/mol. The van der Waals surface area contributed by atoms with Gasteiger partial charge in [-0.25, -0.2) is 0 Å². The third kappa shape index (κ3) is 2.46.